The van der Waals surface area contributed by atoms with Gasteiger partial charge in [0.15, 0.2) is 0 Å². The molecular formula is C30H38N6O2S. The molecule has 0 saturated carbocycles. The van der Waals surface area contributed by atoms with E-state index in [9.17, 15) is 4.21 Å². The van der Waals surface area contributed by atoms with E-state index in [1.807, 2.05) is 64.2 Å². The van der Waals surface area contributed by atoms with Crippen LogP contribution >= 0.6 is 0 Å². The zero-order valence-corrected chi connectivity index (χ0v) is 24.1. The zero-order valence-electron chi connectivity index (χ0n) is 23.3. The molecule has 0 spiro atoms. The number of nitrogens with zero attached hydrogens (tertiary/aromatic N) is 2. The number of fused-ring (bicyclic) bond motifs is 1. The minimum absolute atomic E-state index is 0.00200. The fourth-order valence-electron chi connectivity index (χ4n) is 5.05. The number of hydrogen-bond acceptors (Lipinski definition) is 7. The van der Waals surface area contributed by atoms with Crippen molar-refractivity contribution in [2.45, 2.75) is 69.6 Å². The highest BCUT2D eigenvalue weighted by Gasteiger charge is 2.21. The number of piperidine rings is 1. The number of aromatic nitrogens is 3. The average molecular weight is 547 g/mol. The molecule has 2 aromatic carbocycles. The van der Waals surface area contributed by atoms with E-state index in [-0.39, 0.29) is 11.4 Å². The van der Waals surface area contributed by atoms with Crippen LogP contribution in [0.5, 0.6) is 5.75 Å². The van der Waals surface area contributed by atoms with Gasteiger partial charge in [0.2, 0.25) is 5.95 Å². The van der Waals surface area contributed by atoms with E-state index in [1.165, 1.54) is 24.0 Å². The Morgan fingerprint density at radius 2 is 1.87 bits per heavy atom. The van der Waals surface area contributed by atoms with Gasteiger partial charge in [-0.05, 0) is 87.5 Å². The van der Waals surface area contributed by atoms with Crippen molar-refractivity contribution in [2.75, 3.05) is 23.7 Å². The van der Waals surface area contributed by atoms with Gasteiger partial charge in [0.1, 0.15) is 17.2 Å². The maximum Gasteiger partial charge on any atom is 0.231 e. The largest absolute Gasteiger partial charge is 0.489 e. The predicted octanol–water partition coefficient (Wildman–Crippen LogP) is 6.52. The molecule has 8 nitrogen and oxygen atoms in total. The molecule has 2 atom stereocenters. The van der Waals surface area contributed by atoms with Crippen LogP contribution in [-0.2, 0) is 10.8 Å². The summed E-state index contributed by atoms with van der Waals surface area (Å²) in [6.07, 6.45) is 4.22. The van der Waals surface area contributed by atoms with E-state index in [1.54, 1.807) is 0 Å². The SMILES string of the molecule is Cc1cc(Nc2nc(Nc3ccccc3S(=O)C(C)C)c3cc[nH]c3n2)c(OC(C)C)cc1C1CCCNC1. The Hall–Kier alpha value is -3.43. The molecule has 1 aliphatic rings. The summed E-state index contributed by atoms with van der Waals surface area (Å²) in [4.78, 5) is 13.5. The van der Waals surface area contributed by atoms with Crippen molar-refractivity contribution in [2.24, 2.45) is 0 Å². The van der Waals surface area contributed by atoms with Gasteiger partial charge in [-0.1, -0.05) is 26.0 Å². The number of benzene rings is 2. The van der Waals surface area contributed by atoms with Crippen molar-refractivity contribution in [3.8, 4) is 5.75 Å². The lowest BCUT2D eigenvalue weighted by Gasteiger charge is -2.26. The van der Waals surface area contributed by atoms with Crippen LogP contribution in [0.4, 0.5) is 23.1 Å². The van der Waals surface area contributed by atoms with Crippen LogP contribution in [0, 0.1) is 6.92 Å². The fraction of sp³-hybridized carbons (Fsp3) is 0.400. The summed E-state index contributed by atoms with van der Waals surface area (Å²) in [6.45, 7) is 12.2. The van der Waals surface area contributed by atoms with Gasteiger partial charge >= 0.3 is 0 Å². The predicted molar refractivity (Wildman–Crippen MR) is 160 cm³/mol. The number of para-hydroxylation sites is 1. The summed E-state index contributed by atoms with van der Waals surface area (Å²) >= 11 is 0. The minimum atomic E-state index is -1.15. The third kappa shape index (κ3) is 6.09. The number of aromatic amines is 1. The van der Waals surface area contributed by atoms with Gasteiger partial charge in [0.05, 0.1) is 38.6 Å². The van der Waals surface area contributed by atoms with E-state index < -0.39 is 10.8 Å². The Kier molecular flexibility index (Phi) is 8.18. The van der Waals surface area contributed by atoms with Crippen LogP contribution in [0.15, 0.2) is 53.6 Å². The summed E-state index contributed by atoms with van der Waals surface area (Å²) in [7, 11) is -1.15. The molecule has 0 amide bonds. The van der Waals surface area contributed by atoms with Gasteiger partial charge in [-0.2, -0.15) is 9.97 Å². The van der Waals surface area contributed by atoms with Gasteiger partial charge < -0.3 is 25.7 Å². The highest BCUT2D eigenvalue weighted by Crippen LogP contribution is 2.37. The van der Waals surface area contributed by atoms with E-state index in [0.717, 1.165) is 40.5 Å². The number of ether oxygens (including phenoxy) is 1. The number of hydrogen-bond donors (Lipinski definition) is 4. The second-order valence-corrected chi connectivity index (χ2v) is 12.6. The van der Waals surface area contributed by atoms with Crippen molar-refractivity contribution in [3.05, 3.63) is 59.8 Å². The summed E-state index contributed by atoms with van der Waals surface area (Å²) in [5.74, 6) is 2.33. The van der Waals surface area contributed by atoms with Crippen LogP contribution < -0.4 is 20.7 Å². The van der Waals surface area contributed by atoms with E-state index in [0.29, 0.717) is 23.3 Å². The third-order valence-corrected chi connectivity index (χ3v) is 8.56. The smallest absolute Gasteiger partial charge is 0.231 e. The van der Waals surface area contributed by atoms with Crippen LogP contribution in [0.25, 0.3) is 11.0 Å². The maximum atomic E-state index is 13.0. The van der Waals surface area contributed by atoms with Crippen LogP contribution in [-0.4, -0.2) is 43.6 Å². The monoisotopic (exact) mass is 546 g/mol. The second kappa shape index (κ2) is 11.8. The van der Waals surface area contributed by atoms with Gasteiger partial charge in [-0.3, -0.25) is 4.21 Å². The molecule has 3 heterocycles. The lowest BCUT2D eigenvalue weighted by Crippen LogP contribution is -2.28. The lowest BCUT2D eigenvalue weighted by molar-refractivity contribution is 0.243. The van der Waals surface area contributed by atoms with Gasteiger partial charge in [0.25, 0.3) is 0 Å². The van der Waals surface area contributed by atoms with Crippen LogP contribution in [0.3, 0.4) is 0 Å². The summed E-state index contributed by atoms with van der Waals surface area (Å²) in [5.41, 5.74) is 4.83. The average Bonchev–Trinajstić information content (AvgIpc) is 3.39. The van der Waals surface area contributed by atoms with Crippen LogP contribution in [0.2, 0.25) is 0 Å². The highest BCUT2D eigenvalue weighted by atomic mass is 32.2. The standard InChI is InChI=1S/C30H38N6O2S/c1-18(2)38-26-16-23(21-9-8-13-31-17-21)20(5)15-25(26)34-30-35-28-22(12-14-32-28)29(36-30)33-24-10-6-7-11-27(24)39(37)19(3)4/h6-7,10-12,14-16,18-19,21,31H,8-9,13,17H2,1-5H3,(H3,32,33,34,35,36). The highest BCUT2D eigenvalue weighted by molar-refractivity contribution is 7.85. The van der Waals surface area contributed by atoms with Gasteiger partial charge in [-0.15, -0.1) is 0 Å². The molecule has 0 aliphatic carbocycles. The Labute approximate surface area is 232 Å². The molecule has 4 N–H and O–H groups in total. The molecule has 4 aromatic rings. The number of rotatable bonds is 9. The normalized spacial score (nSPS) is 16.5. The first-order valence-electron chi connectivity index (χ1n) is 13.7. The van der Waals surface area contributed by atoms with Crippen molar-refractivity contribution < 1.29 is 8.95 Å². The minimum Gasteiger partial charge on any atom is -0.489 e. The zero-order chi connectivity index (χ0) is 27.5. The van der Waals surface area contributed by atoms with E-state index in [2.05, 4.69) is 40.0 Å². The number of aryl methyl sites for hydroxylation is 1. The molecule has 0 bridgehead atoms. The number of nitrogens with one attached hydrogen (secondary N) is 4. The fourth-order valence-corrected chi connectivity index (χ4v) is 6.11. The molecule has 1 saturated heterocycles. The molecule has 1 fully saturated rings. The van der Waals surface area contributed by atoms with Crippen molar-refractivity contribution in [1.29, 1.82) is 0 Å². The molecule has 39 heavy (non-hydrogen) atoms. The third-order valence-electron chi connectivity index (χ3n) is 6.91. The molecule has 2 aromatic heterocycles. The molecule has 5 rings (SSSR count). The topological polar surface area (TPSA) is 104 Å². The maximum absolute atomic E-state index is 13.0. The summed E-state index contributed by atoms with van der Waals surface area (Å²) in [6, 6.07) is 13.9. The second-order valence-electron chi connectivity index (χ2n) is 10.6. The molecular weight excluding hydrogens is 508 g/mol. The Bertz CT molecular complexity index is 1480. The Morgan fingerprint density at radius 1 is 1.05 bits per heavy atom. The molecule has 9 heteroatoms. The molecule has 1 aliphatic heterocycles. The van der Waals surface area contributed by atoms with Crippen molar-refractivity contribution in [1.82, 2.24) is 20.3 Å². The Morgan fingerprint density at radius 3 is 2.62 bits per heavy atom. The Balaban J connectivity index is 1.51. The van der Waals surface area contributed by atoms with Crippen molar-refractivity contribution >= 4 is 45.0 Å². The number of anilines is 4. The van der Waals surface area contributed by atoms with Gasteiger partial charge in [-0.25, -0.2) is 0 Å². The molecule has 2 unspecified atom stereocenters. The lowest BCUT2D eigenvalue weighted by atomic mass is 9.88. The number of H-pyrrole nitrogens is 1. The van der Waals surface area contributed by atoms with E-state index in [4.69, 9.17) is 14.7 Å². The summed E-state index contributed by atoms with van der Waals surface area (Å²) < 4.78 is 19.2. The molecule has 0 radical (unpaired) electrons. The van der Waals surface area contributed by atoms with Gasteiger partial charge in [0, 0.05) is 18.0 Å². The quantitative estimate of drug-likeness (QED) is 0.189. The van der Waals surface area contributed by atoms with Crippen LogP contribution in [0.1, 0.15) is 57.6 Å². The van der Waals surface area contributed by atoms with E-state index >= 15 is 0 Å². The first-order chi connectivity index (χ1) is 18.8. The van der Waals surface area contributed by atoms with Crippen molar-refractivity contribution in [3.63, 3.8) is 0 Å². The first-order valence-corrected chi connectivity index (χ1v) is 14.9. The molecule has 206 valence electrons. The first kappa shape index (κ1) is 27.1. The summed E-state index contributed by atoms with van der Waals surface area (Å²) in [5, 5.41) is 11.2.